The maximum absolute atomic E-state index is 2.49. The van der Waals surface area contributed by atoms with Crippen molar-refractivity contribution in [3.8, 4) is 27.9 Å². The molecule has 3 heteroatoms. The number of para-hydroxylation sites is 5. The van der Waals surface area contributed by atoms with Crippen molar-refractivity contribution in [1.82, 2.24) is 4.57 Å². The van der Waals surface area contributed by atoms with Crippen LogP contribution in [0.2, 0.25) is 0 Å². The van der Waals surface area contributed by atoms with Gasteiger partial charge in [-0.05, 0) is 142 Å². The van der Waals surface area contributed by atoms with Gasteiger partial charge in [-0.25, -0.2) is 0 Å². The Balaban J connectivity index is 1.03. The summed E-state index contributed by atoms with van der Waals surface area (Å²) in [6.07, 6.45) is 0. The highest BCUT2D eigenvalue weighted by Gasteiger charge is 2.52. The Morgan fingerprint density at radius 3 is 1.36 bits per heavy atom. The quantitative estimate of drug-likeness (QED) is 0.159. The molecule has 11 aromatic rings. The van der Waals surface area contributed by atoms with Crippen molar-refractivity contribution in [3.05, 3.63) is 271 Å². The van der Waals surface area contributed by atoms with Crippen molar-refractivity contribution < 1.29 is 0 Å². The monoisotopic (exact) mass is 815 g/mol. The number of aromatic nitrogens is 1. The normalized spacial score (nSPS) is 14.3. The van der Waals surface area contributed by atoms with E-state index in [9.17, 15) is 0 Å². The van der Waals surface area contributed by atoms with E-state index in [1.807, 2.05) is 0 Å². The molecule has 13 rings (SSSR count). The summed E-state index contributed by atoms with van der Waals surface area (Å²) >= 11 is 0. The SMILES string of the molecule is c1ccc(N(c2ccccc2)c2ccc3c(c2)-c2ccccc2C32c3ccccc3-c3ccc(N(c4ccccc4)c4ccc5c(c4)c4ccccc4n5-c4ccccc4)cc32)cc1. The summed E-state index contributed by atoms with van der Waals surface area (Å²) in [7, 11) is 0. The van der Waals surface area contributed by atoms with Crippen molar-refractivity contribution in [2.24, 2.45) is 0 Å². The van der Waals surface area contributed by atoms with E-state index in [0.29, 0.717) is 0 Å². The van der Waals surface area contributed by atoms with Crippen molar-refractivity contribution in [3.63, 3.8) is 0 Å². The lowest BCUT2D eigenvalue weighted by Crippen LogP contribution is -2.26. The van der Waals surface area contributed by atoms with Crippen LogP contribution in [0, 0.1) is 0 Å². The largest absolute Gasteiger partial charge is 0.310 e. The topological polar surface area (TPSA) is 11.4 Å². The van der Waals surface area contributed by atoms with Gasteiger partial charge in [-0.3, -0.25) is 0 Å². The molecule has 0 aliphatic heterocycles. The van der Waals surface area contributed by atoms with Gasteiger partial charge in [0.2, 0.25) is 0 Å². The third kappa shape index (κ3) is 5.28. The van der Waals surface area contributed by atoms with Crippen LogP contribution in [0.3, 0.4) is 0 Å². The van der Waals surface area contributed by atoms with Gasteiger partial charge in [0.25, 0.3) is 0 Å². The second-order valence-electron chi connectivity index (χ2n) is 16.9. The number of hydrogen-bond acceptors (Lipinski definition) is 2. The minimum atomic E-state index is -0.522. The second kappa shape index (κ2) is 14.3. The van der Waals surface area contributed by atoms with Crippen LogP contribution in [0.4, 0.5) is 34.1 Å². The van der Waals surface area contributed by atoms with Gasteiger partial charge in [-0.1, -0.05) is 152 Å². The number of nitrogens with zero attached hydrogens (tertiary/aromatic N) is 3. The standard InChI is InChI=1S/C61H41N3/c1-5-19-42(20-6-1)62(43-21-7-2-8-22-43)46-34-37-57-53(39-46)50-28-14-17-31-56(50)61(57)55-30-16-13-27-49(55)51-36-33-48(41-58(51)61)63(44-23-9-3-10-24-44)47-35-38-60-54(40-47)52-29-15-18-32-59(52)64(60)45-25-11-4-12-26-45/h1-41H. The van der Waals surface area contributed by atoms with Gasteiger partial charge in [0.05, 0.1) is 16.4 Å². The number of hydrogen-bond donors (Lipinski definition) is 0. The minimum Gasteiger partial charge on any atom is -0.310 e. The molecule has 1 unspecified atom stereocenters. The first-order valence-electron chi connectivity index (χ1n) is 22.1. The Labute approximate surface area is 373 Å². The van der Waals surface area contributed by atoms with E-state index >= 15 is 0 Å². The molecule has 1 atom stereocenters. The smallest absolute Gasteiger partial charge is 0.0726 e. The van der Waals surface area contributed by atoms with Crippen LogP contribution < -0.4 is 9.80 Å². The molecule has 0 radical (unpaired) electrons. The summed E-state index contributed by atoms with van der Waals surface area (Å²) in [5.41, 5.74) is 20.1. The Kier molecular flexibility index (Phi) is 8.13. The summed E-state index contributed by atoms with van der Waals surface area (Å²) in [5.74, 6) is 0. The van der Waals surface area contributed by atoms with Crippen molar-refractivity contribution in [2.45, 2.75) is 5.41 Å². The molecule has 1 spiro atoms. The fourth-order valence-electron chi connectivity index (χ4n) is 11.0. The van der Waals surface area contributed by atoms with Gasteiger partial charge >= 0.3 is 0 Å². The van der Waals surface area contributed by atoms with E-state index in [4.69, 9.17) is 0 Å². The average molecular weight is 816 g/mol. The number of anilines is 6. The molecule has 10 aromatic carbocycles. The predicted molar refractivity (Wildman–Crippen MR) is 266 cm³/mol. The van der Waals surface area contributed by atoms with Crippen LogP contribution in [-0.4, -0.2) is 4.57 Å². The number of benzene rings is 10. The van der Waals surface area contributed by atoms with Crippen LogP contribution >= 0.6 is 0 Å². The molecule has 0 saturated heterocycles. The summed E-state index contributed by atoms with van der Waals surface area (Å²) in [5, 5.41) is 2.45. The molecule has 0 N–H and O–H groups in total. The van der Waals surface area contributed by atoms with Gasteiger partial charge in [0.1, 0.15) is 0 Å². The van der Waals surface area contributed by atoms with Gasteiger partial charge in [-0.15, -0.1) is 0 Å². The molecule has 0 saturated carbocycles. The van der Waals surface area contributed by atoms with E-state index in [-0.39, 0.29) is 0 Å². The summed E-state index contributed by atoms with van der Waals surface area (Å²) in [4.78, 5) is 4.81. The highest BCUT2D eigenvalue weighted by molar-refractivity contribution is 6.11. The highest BCUT2D eigenvalue weighted by Crippen LogP contribution is 2.64. The number of fused-ring (bicyclic) bond motifs is 13. The number of rotatable bonds is 7. The first-order chi connectivity index (χ1) is 31.8. The van der Waals surface area contributed by atoms with Gasteiger partial charge < -0.3 is 14.4 Å². The van der Waals surface area contributed by atoms with Crippen LogP contribution in [-0.2, 0) is 5.41 Å². The van der Waals surface area contributed by atoms with Gasteiger partial charge in [0.15, 0.2) is 0 Å². The van der Waals surface area contributed by atoms with E-state index in [1.54, 1.807) is 0 Å². The lowest BCUT2D eigenvalue weighted by atomic mass is 9.70. The fourth-order valence-corrected chi connectivity index (χ4v) is 11.0. The Bertz CT molecular complexity index is 3520. The molecule has 2 aliphatic rings. The molecule has 3 nitrogen and oxygen atoms in total. The van der Waals surface area contributed by atoms with Crippen LogP contribution in [0.25, 0.3) is 49.7 Å². The van der Waals surface area contributed by atoms with E-state index in [2.05, 4.69) is 263 Å². The molecular formula is C61H41N3. The maximum atomic E-state index is 2.49. The van der Waals surface area contributed by atoms with Gasteiger partial charge in [0, 0.05) is 50.6 Å². The maximum Gasteiger partial charge on any atom is 0.0726 e. The highest BCUT2D eigenvalue weighted by atomic mass is 15.1. The van der Waals surface area contributed by atoms with Crippen molar-refractivity contribution in [1.29, 1.82) is 0 Å². The molecule has 1 heterocycles. The van der Waals surface area contributed by atoms with E-state index < -0.39 is 5.41 Å². The molecule has 0 fully saturated rings. The minimum absolute atomic E-state index is 0.522. The van der Waals surface area contributed by atoms with E-state index in [1.165, 1.54) is 66.3 Å². The molecule has 300 valence electrons. The van der Waals surface area contributed by atoms with Crippen LogP contribution in [0.5, 0.6) is 0 Å². The summed E-state index contributed by atoms with van der Waals surface area (Å²) in [6, 6.07) is 91.2. The summed E-state index contributed by atoms with van der Waals surface area (Å²) < 4.78 is 2.39. The molecule has 2 aliphatic carbocycles. The summed E-state index contributed by atoms with van der Waals surface area (Å²) in [6.45, 7) is 0. The third-order valence-corrected chi connectivity index (χ3v) is 13.5. The molecule has 0 bridgehead atoms. The van der Waals surface area contributed by atoms with Crippen molar-refractivity contribution >= 4 is 55.9 Å². The van der Waals surface area contributed by atoms with Crippen LogP contribution in [0.1, 0.15) is 22.3 Å². The lowest BCUT2D eigenvalue weighted by molar-refractivity contribution is 0.793. The Hall–Kier alpha value is -8.40. The van der Waals surface area contributed by atoms with Crippen molar-refractivity contribution in [2.75, 3.05) is 9.80 Å². The third-order valence-electron chi connectivity index (χ3n) is 13.5. The molecule has 0 amide bonds. The first kappa shape index (κ1) is 36.3. The van der Waals surface area contributed by atoms with Gasteiger partial charge in [-0.2, -0.15) is 0 Å². The average Bonchev–Trinajstić information content (AvgIpc) is 3.97. The predicted octanol–water partition coefficient (Wildman–Crippen LogP) is 16.1. The molecule has 64 heavy (non-hydrogen) atoms. The lowest BCUT2D eigenvalue weighted by Gasteiger charge is -2.32. The Morgan fingerprint density at radius 2 is 0.703 bits per heavy atom. The fraction of sp³-hybridized carbons (Fsp3) is 0.0164. The Morgan fingerprint density at radius 1 is 0.266 bits per heavy atom. The van der Waals surface area contributed by atoms with E-state index in [0.717, 1.165) is 39.8 Å². The molecule has 1 aromatic heterocycles. The second-order valence-corrected chi connectivity index (χ2v) is 16.9. The zero-order valence-electron chi connectivity index (χ0n) is 35.0. The first-order valence-corrected chi connectivity index (χ1v) is 22.1. The molecular weight excluding hydrogens is 775 g/mol. The van der Waals surface area contributed by atoms with Crippen LogP contribution in [0.15, 0.2) is 249 Å². The zero-order chi connectivity index (χ0) is 42.2. The zero-order valence-corrected chi connectivity index (χ0v) is 35.0.